The van der Waals surface area contributed by atoms with Crippen LogP contribution in [0.5, 0.6) is 11.5 Å². The minimum absolute atomic E-state index is 0.316. The molecule has 0 unspecified atom stereocenters. The first-order valence-electron chi connectivity index (χ1n) is 8.58. The monoisotopic (exact) mass is 392 g/mol. The molecule has 1 aliphatic carbocycles. The van der Waals surface area contributed by atoms with E-state index in [0.29, 0.717) is 39.9 Å². The van der Waals surface area contributed by atoms with E-state index in [9.17, 15) is 8.42 Å². The SMILES string of the molecule is CCCCN=C1CCc2c(Oc3cncc(Cl)c3)ccc(S(C)(=O)=O)c21. The van der Waals surface area contributed by atoms with Crippen LogP contribution in [0.25, 0.3) is 0 Å². The number of sulfone groups is 1. The molecule has 138 valence electrons. The van der Waals surface area contributed by atoms with Gasteiger partial charge in [-0.2, -0.15) is 0 Å². The molecule has 0 fully saturated rings. The van der Waals surface area contributed by atoms with Gasteiger partial charge in [0.05, 0.1) is 16.1 Å². The van der Waals surface area contributed by atoms with E-state index in [0.717, 1.165) is 30.5 Å². The van der Waals surface area contributed by atoms with Crippen molar-refractivity contribution in [1.29, 1.82) is 0 Å². The van der Waals surface area contributed by atoms with Crippen molar-refractivity contribution in [2.75, 3.05) is 12.8 Å². The number of aliphatic imine (C=N–C) groups is 1. The number of nitrogens with zero attached hydrogens (tertiary/aromatic N) is 2. The fourth-order valence-electron chi connectivity index (χ4n) is 3.05. The summed E-state index contributed by atoms with van der Waals surface area (Å²) in [6.07, 6.45) is 7.79. The van der Waals surface area contributed by atoms with E-state index >= 15 is 0 Å². The third kappa shape index (κ3) is 4.07. The summed E-state index contributed by atoms with van der Waals surface area (Å²) in [4.78, 5) is 8.99. The summed E-state index contributed by atoms with van der Waals surface area (Å²) in [6.45, 7) is 2.81. The summed E-state index contributed by atoms with van der Waals surface area (Å²) in [5, 5.41) is 0.480. The van der Waals surface area contributed by atoms with Gasteiger partial charge in [-0.3, -0.25) is 9.98 Å². The van der Waals surface area contributed by atoms with Gasteiger partial charge in [-0.05, 0) is 31.4 Å². The van der Waals surface area contributed by atoms with Crippen LogP contribution in [-0.2, 0) is 16.3 Å². The van der Waals surface area contributed by atoms with Crippen molar-refractivity contribution in [3.8, 4) is 11.5 Å². The van der Waals surface area contributed by atoms with Crippen LogP contribution < -0.4 is 4.74 Å². The Bertz CT molecular complexity index is 955. The van der Waals surface area contributed by atoms with E-state index in [1.165, 1.54) is 12.5 Å². The molecular formula is C19H21ClN2O3S. The van der Waals surface area contributed by atoms with Gasteiger partial charge in [0.1, 0.15) is 11.5 Å². The molecule has 26 heavy (non-hydrogen) atoms. The standard InChI is InChI=1S/C19H21ClN2O3S/c1-3-4-9-22-16-6-5-15-17(25-14-10-13(20)11-21-12-14)7-8-18(19(15)16)26(2,23)24/h7-8,10-12H,3-6,9H2,1-2H3. The summed E-state index contributed by atoms with van der Waals surface area (Å²) in [5.41, 5.74) is 2.43. The average molecular weight is 393 g/mol. The van der Waals surface area contributed by atoms with Crippen LogP contribution in [0.2, 0.25) is 5.02 Å². The second-order valence-corrected chi connectivity index (χ2v) is 8.73. The van der Waals surface area contributed by atoms with Crippen LogP contribution in [0, 0.1) is 0 Å². The van der Waals surface area contributed by atoms with E-state index in [1.54, 1.807) is 24.4 Å². The molecule has 7 heteroatoms. The zero-order valence-electron chi connectivity index (χ0n) is 14.8. The highest BCUT2D eigenvalue weighted by atomic mass is 35.5. The third-order valence-electron chi connectivity index (χ3n) is 4.25. The van der Waals surface area contributed by atoms with Gasteiger partial charge >= 0.3 is 0 Å². The average Bonchev–Trinajstić information content (AvgIpc) is 2.99. The summed E-state index contributed by atoms with van der Waals surface area (Å²) < 4.78 is 30.5. The van der Waals surface area contributed by atoms with Gasteiger partial charge in [0.15, 0.2) is 9.84 Å². The number of benzene rings is 1. The number of aromatic nitrogens is 1. The highest BCUT2D eigenvalue weighted by molar-refractivity contribution is 7.90. The maximum Gasteiger partial charge on any atom is 0.176 e. The molecule has 1 aromatic heterocycles. The predicted molar refractivity (Wildman–Crippen MR) is 104 cm³/mol. The lowest BCUT2D eigenvalue weighted by Crippen LogP contribution is -2.08. The molecule has 0 amide bonds. The van der Waals surface area contributed by atoms with Gasteiger partial charge in [-0.15, -0.1) is 0 Å². The Kier molecular flexibility index (Phi) is 5.63. The molecule has 0 bridgehead atoms. The molecule has 0 saturated carbocycles. The van der Waals surface area contributed by atoms with Crippen molar-refractivity contribution in [3.63, 3.8) is 0 Å². The van der Waals surface area contributed by atoms with Crippen LogP contribution in [0.3, 0.4) is 0 Å². The zero-order chi connectivity index (χ0) is 18.7. The quantitative estimate of drug-likeness (QED) is 0.680. The summed E-state index contributed by atoms with van der Waals surface area (Å²) in [6, 6.07) is 4.98. The van der Waals surface area contributed by atoms with E-state index in [1.807, 2.05) is 0 Å². The maximum atomic E-state index is 12.3. The van der Waals surface area contributed by atoms with Gasteiger partial charge < -0.3 is 4.74 Å². The molecule has 1 heterocycles. The Balaban J connectivity index is 2.06. The van der Waals surface area contributed by atoms with Crippen LogP contribution in [-0.4, -0.2) is 31.9 Å². The molecule has 5 nitrogen and oxygen atoms in total. The van der Waals surface area contributed by atoms with E-state index in [-0.39, 0.29) is 0 Å². The fourth-order valence-corrected chi connectivity index (χ4v) is 4.14. The van der Waals surface area contributed by atoms with E-state index in [2.05, 4.69) is 16.9 Å². The Morgan fingerprint density at radius 2 is 2.08 bits per heavy atom. The van der Waals surface area contributed by atoms with E-state index < -0.39 is 9.84 Å². The summed E-state index contributed by atoms with van der Waals surface area (Å²) in [5.74, 6) is 1.14. The van der Waals surface area contributed by atoms with Crippen molar-refractivity contribution < 1.29 is 13.2 Å². The molecule has 0 aliphatic heterocycles. The third-order valence-corrected chi connectivity index (χ3v) is 5.60. The number of hydrogen-bond donors (Lipinski definition) is 0. The highest BCUT2D eigenvalue weighted by Crippen LogP contribution is 2.38. The highest BCUT2D eigenvalue weighted by Gasteiger charge is 2.28. The second kappa shape index (κ2) is 7.76. The topological polar surface area (TPSA) is 68.6 Å². The van der Waals surface area contributed by atoms with Crippen LogP contribution in [0.15, 0.2) is 40.5 Å². The molecule has 0 atom stereocenters. The zero-order valence-corrected chi connectivity index (χ0v) is 16.4. The lowest BCUT2D eigenvalue weighted by molar-refractivity contribution is 0.474. The van der Waals surface area contributed by atoms with Crippen molar-refractivity contribution in [2.45, 2.75) is 37.5 Å². The number of rotatable bonds is 6. The lowest BCUT2D eigenvalue weighted by atomic mass is 10.1. The molecule has 0 saturated heterocycles. The Hall–Kier alpha value is -1.92. The van der Waals surface area contributed by atoms with Gasteiger partial charge in [-0.25, -0.2) is 8.42 Å². The molecule has 0 N–H and O–H groups in total. The van der Waals surface area contributed by atoms with Crippen LogP contribution in [0.1, 0.15) is 37.3 Å². The number of pyridine rings is 1. The first-order valence-corrected chi connectivity index (χ1v) is 10.8. The molecule has 0 radical (unpaired) electrons. The molecule has 3 rings (SSSR count). The Morgan fingerprint density at radius 1 is 1.27 bits per heavy atom. The first kappa shape index (κ1) is 18.9. The van der Waals surface area contributed by atoms with E-state index in [4.69, 9.17) is 16.3 Å². The van der Waals surface area contributed by atoms with Crippen LogP contribution >= 0.6 is 11.6 Å². The molecule has 1 aromatic carbocycles. The second-order valence-electron chi connectivity index (χ2n) is 6.31. The predicted octanol–water partition coefficient (Wildman–Crippen LogP) is 4.47. The lowest BCUT2D eigenvalue weighted by Gasteiger charge is -2.13. The number of fused-ring (bicyclic) bond motifs is 1. The first-order chi connectivity index (χ1) is 12.4. The van der Waals surface area contributed by atoms with Gasteiger partial charge in [0, 0.05) is 41.9 Å². The van der Waals surface area contributed by atoms with Crippen molar-refractivity contribution >= 4 is 27.1 Å². The number of ether oxygens (including phenoxy) is 1. The number of halogens is 1. The summed E-state index contributed by atoms with van der Waals surface area (Å²) in [7, 11) is -3.36. The Morgan fingerprint density at radius 3 is 2.77 bits per heavy atom. The molecule has 2 aromatic rings. The van der Waals surface area contributed by atoms with Crippen molar-refractivity contribution in [3.05, 3.63) is 46.7 Å². The molecule has 0 spiro atoms. The van der Waals surface area contributed by atoms with Crippen LogP contribution in [0.4, 0.5) is 0 Å². The molecule has 1 aliphatic rings. The maximum absolute atomic E-state index is 12.3. The van der Waals surface area contributed by atoms with Gasteiger partial charge in [0.2, 0.25) is 0 Å². The minimum Gasteiger partial charge on any atom is -0.455 e. The number of unbranched alkanes of at least 4 members (excludes halogenated alkanes) is 1. The smallest absolute Gasteiger partial charge is 0.176 e. The fraction of sp³-hybridized carbons (Fsp3) is 0.368. The van der Waals surface area contributed by atoms with Crippen molar-refractivity contribution in [1.82, 2.24) is 4.98 Å². The molecular weight excluding hydrogens is 372 g/mol. The van der Waals surface area contributed by atoms with Gasteiger partial charge in [-0.1, -0.05) is 24.9 Å². The summed E-state index contributed by atoms with van der Waals surface area (Å²) >= 11 is 5.97. The largest absolute Gasteiger partial charge is 0.455 e. The number of hydrogen-bond acceptors (Lipinski definition) is 5. The minimum atomic E-state index is -3.36. The van der Waals surface area contributed by atoms with Gasteiger partial charge in [0.25, 0.3) is 0 Å². The Labute approximate surface area is 159 Å². The normalized spacial score (nSPS) is 15.3. The van der Waals surface area contributed by atoms with Crippen molar-refractivity contribution in [2.24, 2.45) is 4.99 Å².